The lowest BCUT2D eigenvalue weighted by Gasteiger charge is -2.47. The van der Waals surface area contributed by atoms with Gasteiger partial charge in [-0.3, -0.25) is 0 Å². The zero-order valence-corrected chi connectivity index (χ0v) is 8.69. The fourth-order valence-electron chi connectivity index (χ4n) is 2.19. The quantitative estimate of drug-likeness (QED) is 0.638. The first-order valence-corrected chi connectivity index (χ1v) is 5.28. The zero-order valence-electron chi connectivity index (χ0n) is 8.69. The number of rotatable bonds is 1. The largest absolute Gasteiger partial charge is 0.316 e. The minimum absolute atomic E-state index is 0.704. The molecule has 2 nitrogen and oxygen atoms in total. The van der Waals surface area contributed by atoms with E-state index < -0.39 is 0 Å². The van der Waals surface area contributed by atoms with Gasteiger partial charge in [-0.1, -0.05) is 20.8 Å². The minimum Gasteiger partial charge on any atom is -0.316 e. The summed E-state index contributed by atoms with van der Waals surface area (Å²) in [6.45, 7) is 12.7. The molecule has 2 aliphatic heterocycles. The molecule has 0 atom stereocenters. The van der Waals surface area contributed by atoms with Gasteiger partial charge < -0.3 is 10.2 Å². The molecule has 0 aliphatic carbocycles. The van der Waals surface area contributed by atoms with Crippen LogP contribution in [0.15, 0.2) is 0 Å². The molecule has 2 aliphatic rings. The maximum Gasteiger partial charge on any atom is 0.00943 e. The molecule has 0 aromatic rings. The molecule has 0 bridgehead atoms. The van der Waals surface area contributed by atoms with Gasteiger partial charge in [0.15, 0.2) is 0 Å². The Morgan fingerprint density at radius 3 is 2.42 bits per heavy atom. The molecule has 1 N–H and O–H groups in total. The molecule has 2 fully saturated rings. The highest BCUT2D eigenvalue weighted by Crippen LogP contribution is 2.35. The van der Waals surface area contributed by atoms with Gasteiger partial charge in [0.25, 0.3) is 0 Å². The average Bonchev–Trinajstić information content (AvgIpc) is 2.53. The van der Waals surface area contributed by atoms with E-state index >= 15 is 0 Å². The predicted octanol–water partition coefficient (Wildman–Crippen LogP) is 1.33. The van der Waals surface area contributed by atoms with Crippen LogP contribution in [-0.4, -0.2) is 37.6 Å². The van der Waals surface area contributed by atoms with Gasteiger partial charge in [-0.25, -0.2) is 0 Å². The Labute approximate surface area is 76.3 Å². The van der Waals surface area contributed by atoms with Gasteiger partial charge in [-0.05, 0) is 19.5 Å². The Bertz CT molecular complexity index is 120. The summed E-state index contributed by atoms with van der Waals surface area (Å²) in [4.78, 5) is 2.52. The van der Waals surface area contributed by atoms with Crippen molar-refractivity contribution in [3.8, 4) is 0 Å². The van der Waals surface area contributed by atoms with Crippen molar-refractivity contribution < 1.29 is 0 Å². The zero-order chi connectivity index (χ0) is 9.03. The van der Waals surface area contributed by atoms with Crippen molar-refractivity contribution in [3.05, 3.63) is 0 Å². The monoisotopic (exact) mass is 170 g/mol. The first-order valence-electron chi connectivity index (χ1n) is 5.28. The molecule has 2 heterocycles. The summed E-state index contributed by atoms with van der Waals surface area (Å²) in [6.07, 6.45) is 1.41. The van der Waals surface area contributed by atoms with Crippen LogP contribution in [0.4, 0.5) is 0 Å². The smallest absolute Gasteiger partial charge is 0.00943 e. The standard InChI is InChI=1S/C8H16N2.C2H6/c1-2-10-6-8(7-10)3-4-9-5-8;1-2/h9H,2-7H2,1H3;1-2H3. The van der Waals surface area contributed by atoms with Gasteiger partial charge in [-0.2, -0.15) is 0 Å². The summed E-state index contributed by atoms with van der Waals surface area (Å²) in [7, 11) is 0. The maximum atomic E-state index is 3.43. The van der Waals surface area contributed by atoms with E-state index in [-0.39, 0.29) is 0 Å². The summed E-state index contributed by atoms with van der Waals surface area (Å²) in [5.74, 6) is 0. The van der Waals surface area contributed by atoms with Gasteiger partial charge in [0.05, 0.1) is 0 Å². The lowest BCUT2D eigenvalue weighted by molar-refractivity contribution is 0.0218. The first-order chi connectivity index (χ1) is 5.85. The van der Waals surface area contributed by atoms with E-state index in [0.29, 0.717) is 5.41 Å². The molecule has 0 saturated carbocycles. The molecule has 2 heteroatoms. The van der Waals surface area contributed by atoms with Crippen molar-refractivity contribution in [1.82, 2.24) is 10.2 Å². The van der Waals surface area contributed by atoms with Crippen LogP contribution in [0.25, 0.3) is 0 Å². The van der Waals surface area contributed by atoms with Crippen LogP contribution in [0.5, 0.6) is 0 Å². The van der Waals surface area contributed by atoms with E-state index in [2.05, 4.69) is 17.1 Å². The van der Waals surface area contributed by atoms with Crippen LogP contribution in [0, 0.1) is 5.41 Å². The predicted molar refractivity (Wildman–Crippen MR) is 53.4 cm³/mol. The Balaban J connectivity index is 0.000000336. The normalized spacial score (nSPS) is 26.2. The summed E-state index contributed by atoms with van der Waals surface area (Å²) in [5.41, 5.74) is 0.704. The molecule has 2 saturated heterocycles. The van der Waals surface area contributed by atoms with Crippen molar-refractivity contribution in [2.75, 3.05) is 32.7 Å². The number of hydrogen-bond donors (Lipinski definition) is 1. The van der Waals surface area contributed by atoms with Crippen LogP contribution in [0.3, 0.4) is 0 Å². The molecule has 0 radical (unpaired) electrons. The molecule has 0 amide bonds. The van der Waals surface area contributed by atoms with E-state index in [1.807, 2.05) is 13.8 Å². The third kappa shape index (κ3) is 1.80. The molecule has 0 aromatic carbocycles. The van der Waals surface area contributed by atoms with E-state index in [1.54, 1.807) is 0 Å². The molecule has 12 heavy (non-hydrogen) atoms. The molecule has 72 valence electrons. The number of likely N-dealkylation sites (tertiary alicyclic amines) is 1. The molecular weight excluding hydrogens is 148 g/mol. The lowest BCUT2D eigenvalue weighted by Crippen LogP contribution is -2.56. The summed E-state index contributed by atoms with van der Waals surface area (Å²) in [5, 5.41) is 3.43. The SMILES string of the molecule is CC.CCN1CC2(CCNC2)C1. The summed E-state index contributed by atoms with van der Waals surface area (Å²) < 4.78 is 0. The second-order valence-corrected chi connectivity index (χ2v) is 3.73. The minimum atomic E-state index is 0.704. The molecule has 0 aromatic heterocycles. The first kappa shape index (κ1) is 10.0. The van der Waals surface area contributed by atoms with Crippen LogP contribution in [-0.2, 0) is 0 Å². The van der Waals surface area contributed by atoms with E-state index in [1.165, 1.54) is 39.1 Å². The van der Waals surface area contributed by atoms with Gasteiger partial charge in [0.1, 0.15) is 0 Å². The number of nitrogens with one attached hydrogen (secondary N) is 1. The van der Waals surface area contributed by atoms with Crippen molar-refractivity contribution in [1.29, 1.82) is 0 Å². The highest BCUT2D eigenvalue weighted by molar-refractivity contribution is 4.99. The molecule has 2 rings (SSSR count). The van der Waals surface area contributed by atoms with Crippen LogP contribution in [0.1, 0.15) is 27.2 Å². The van der Waals surface area contributed by atoms with Crippen LogP contribution < -0.4 is 5.32 Å². The Morgan fingerprint density at radius 2 is 2.00 bits per heavy atom. The Morgan fingerprint density at radius 1 is 1.33 bits per heavy atom. The second-order valence-electron chi connectivity index (χ2n) is 3.73. The molecule has 1 spiro atoms. The Hall–Kier alpha value is -0.0800. The van der Waals surface area contributed by atoms with E-state index in [4.69, 9.17) is 0 Å². The lowest BCUT2D eigenvalue weighted by atomic mass is 9.79. The summed E-state index contributed by atoms with van der Waals surface area (Å²) in [6, 6.07) is 0. The van der Waals surface area contributed by atoms with E-state index in [9.17, 15) is 0 Å². The number of nitrogens with zero attached hydrogens (tertiary/aromatic N) is 1. The van der Waals surface area contributed by atoms with Crippen molar-refractivity contribution in [2.45, 2.75) is 27.2 Å². The molecule has 0 unspecified atom stereocenters. The highest BCUT2D eigenvalue weighted by Gasteiger charge is 2.43. The second kappa shape index (κ2) is 4.24. The van der Waals surface area contributed by atoms with Gasteiger partial charge in [-0.15, -0.1) is 0 Å². The molecular formula is C10H22N2. The average molecular weight is 170 g/mol. The van der Waals surface area contributed by atoms with Crippen LogP contribution >= 0.6 is 0 Å². The topological polar surface area (TPSA) is 15.3 Å². The maximum absolute atomic E-state index is 3.43. The Kier molecular flexibility index (Phi) is 3.53. The van der Waals surface area contributed by atoms with Gasteiger partial charge in [0, 0.05) is 25.0 Å². The fraction of sp³-hybridized carbons (Fsp3) is 1.00. The van der Waals surface area contributed by atoms with Gasteiger partial charge in [0.2, 0.25) is 0 Å². The van der Waals surface area contributed by atoms with Crippen LogP contribution in [0.2, 0.25) is 0 Å². The van der Waals surface area contributed by atoms with Crippen molar-refractivity contribution >= 4 is 0 Å². The van der Waals surface area contributed by atoms with E-state index in [0.717, 1.165) is 0 Å². The van der Waals surface area contributed by atoms with Gasteiger partial charge >= 0.3 is 0 Å². The van der Waals surface area contributed by atoms with Crippen molar-refractivity contribution in [3.63, 3.8) is 0 Å². The third-order valence-electron chi connectivity index (χ3n) is 2.90. The van der Waals surface area contributed by atoms with Crippen molar-refractivity contribution in [2.24, 2.45) is 5.41 Å². The third-order valence-corrected chi connectivity index (χ3v) is 2.90. The number of hydrogen-bond acceptors (Lipinski definition) is 2. The fourth-order valence-corrected chi connectivity index (χ4v) is 2.19. The highest BCUT2D eigenvalue weighted by atomic mass is 15.2. The summed E-state index contributed by atoms with van der Waals surface area (Å²) >= 11 is 0.